The van der Waals surface area contributed by atoms with E-state index in [1.165, 1.54) is 45.4 Å². The van der Waals surface area contributed by atoms with E-state index in [9.17, 15) is 13.2 Å². The molecule has 0 spiro atoms. The Morgan fingerprint density at radius 3 is 1.81 bits per heavy atom. The number of fused-ring (bicyclic) bond motifs is 2. The summed E-state index contributed by atoms with van der Waals surface area (Å²) in [6, 6.07) is 30.6. The minimum Gasteiger partial charge on any atom is -0.348 e. The molecule has 9 heteroatoms. The van der Waals surface area contributed by atoms with Gasteiger partial charge in [-0.2, -0.15) is 0 Å². The summed E-state index contributed by atoms with van der Waals surface area (Å²) in [6.07, 6.45) is 0. The Balaban J connectivity index is 1.41. The van der Waals surface area contributed by atoms with Gasteiger partial charge in [-0.1, -0.05) is 70.5 Å². The fourth-order valence-electron chi connectivity index (χ4n) is 6.01. The van der Waals surface area contributed by atoms with Crippen LogP contribution in [0.2, 0.25) is 0 Å². The number of aromatic nitrogens is 2. The first-order valence-electron chi connectivity index (χ1n) is 13.8. The van der Waals surface area contributed by atoms with Crippen molar-refractivity contribution in [2.75, 3.05) is 0 Å². The molecular weight excluding hydrogens is 624 g/mol. The number of hydrogen-bond donors (Lipinski definition) is 2. The Labute approximate surface area is 259 Å². The van der Waals surface area contributed by atoms with Crippen molar-refractivity contribution in [3.63, 3.8) is 0 Å². The van der Waals surface area contributed by atoms with Crippen LogP contribution in [0.25, 0.3) is 21.8 Å². The number of nitrogens with one attached hydrogen (secondary N) is 2. The van der Waals surface area contributed by atoms with E-state index in [1.54, 1.807) is 24.3 Å². The first-order valence-corrected chi connectivity index (χ1v) is 16.1. The van der Waals surface area contributed by atoms with E-state index in [0.29, 0.717) is 10.0 Å². The number of benzene rings is 4. The van der Waals surface area contributed by atoms with Crippen LogP contribution in [-0.4, -0.2) is 23.5 Å². The van der Waals surface area contributed by atoms with Crippen LogP contribution in [0.4, 0.5) is 0 Å². The van der Waals surface area contributed by atoms with Crippen LogP contribution in [0, 0.1) is 13.8 Å². The Kier molecular flexibility index (Phi) is 7.50. The zero-order valence-electron chi connectivity index (χ0n) is 24.2. The minimum absolute atomic E-state index is 0.0382. The zero-order valence-corrected chi connectivity index (χ0v) is 26.6. The third-order valence-corrected chi connectivity index (χ3v) is 10.1. The first kappa shape index (κ1) is 28.9. The van der Waals surface area contributed by atoms with Crippen LogP contribution in [0.5, 0.6) is 0 Å². The number of carbonyl (C=O) groups is 1. The van der Waals surface area contributed by atoms with Gasteiger partial charge < -0.3 is 9.13 Å². The maximum Gasteiger partial charge on any atom is 0.266 e. The van der Waals surface area contributed by atoms with E-state index < -0.39 is 15.9 Å². The maximum atomic E-state index is 13.0. The molecule has 0 saturated heterocycles. The van der Waals surface area contributed by atoms with Crippen LogP contribution in [0.1, 0.15) is 44.4 Å². The van der Waals surface area contributed by atoms with E-state index in [-0.39, 0.29) is 10.8 Å². The molecule has 0 aliphatic rings. The number of amides is 1. The highest BCUT2D eigenvalue weighted by Crippen LogP contribution is 2.44. The van der Waals surface area contributed by atoms with Gasteiger partial charge in [0.15, 0.2) is 0 Å². The Bertz CT molecular complexity index is 2040. The number of hydrogen-bond acceptors (Lipinski definition) is 3. The van der Waals surface area contributed by atoms with Crippen LogP contribution in [0.3, 0.4) is 0 Å². The Hall–Kier alpha value is -4.18. The summed E-state index contributed by atoms with van der Waals surface area (Å²) in [4.78, 5) is 15.3. The molecule has 1 amide bonds. The van der Waals surface area contributed by atoms with Gasteiger partial charge in [0.05, 0.1) is 4.90 Å². The van der Waals surface area contributed by atoms with Gasteiger partial charge in [0, 0.05) is 63.2 Å². The minimum atomic E-state index is -3.94. The molecular formula is C34H31BrN4O3S. The van der Waals surface area contributed by atoms with Crippen LogP contribution in [0.15, 0.2) is 106 Å². The van der Waals surface area contributed by atoms with E-state index >= 15 is 0 Å². The van der Waals surface area contributed by atoms with Gasteiger partial charge in [0.2, 0.25) is 0 Å². The quantitative estimate of drug-likeness (QED) is 0.185. The lowest BCUT2D eigenvalue weighted by molar-refractivity contribution is 0.0945. The highest BCUT2D eigenvalue weighted by atomic mass is 79.9. The van der Waals surface area contributed by atoms with Crippen molar-refractivity contribution in [3.8, 4) is 0 Å². The molecule has 0 unspecified atom stereocenters. The summed E-state index contributed by atoms with van der Waals surface area (Å²) in [7, 11) is 0.246. The molecule has 4 aromatic carbocycles. The second kappa shape index (κ2) is 11.1. The van der Waals surface area contributed by atoms with E-state index in [0.717, 1.165) is 16.6 Å². The van der Waals surface area contributed by atoms with Gasteiger partial charge in [-0.3, -0.25) is 10.2 Å². The number of sulfonamides is 1. The number of rotatable bonds is 7. The molecule has 218 valence electrons. The molecule has 7 nitrogen and oxygen atoms in total. The lowest BCUT2D eigenvalue weighted by Crippen LogP contribution is -2.41. The van der Waals surface area contributed by atoms with Crippen molar-refractivity contribution in [2.24, 2.45) is 14.1 Å². The monoisotopic (exact) mass is 654 g/mol. The molecule has 0 radical (unpaired) electrons. The predicted octanol–water partition coefficient (Wildman–Crippen LogP) is 6.85. The van der Waals surface area contributed by atoms with E-state index in [1.807, 2.05) is 12.1 Å². The highest BCUT2D eigenvalue weighted by molar-refractivity contribution is 9.10. The Morgan fingerprint density at radius 1 is 0.744 bits per heavy atom. The standard InChI is InChI=1S/C34H31BrN4O3S/c1-21-31(27-12-5-7-14-29(27)38(21)3)33(32-22(2)39(4)30-15-8-6-13-28(30)32)23-16-18-24(19-17-23)34(40)36-37-43(41,42)26-11-9-10-25(35)20-26/h5-20,33,37H,1-4H3,(H,36,40). The first-order chi connectivity index (χ1) is 20.6. The average molecular weight is 656 g/mol. The van der Waals surface area contributed by atoms with Crippen molar-refractivity contribution in [1.82, 2.24) is 19.4 Å². The summed E-state index contributed by atoms with van der Waals surface area (Å²) >= 11 is 3.28. The number of para-hydroxylation sites is 2. The SMILES string of the molecule is Cc1c(C(c2ccc(C(=O)NNS(=O)(=O)c3cccc(Br)c3)cc2)c2c(C)n(C)c3ccccc23)c2ccccc2n1C. The number of nitrogens with zero attached hydrogens (tertiary/aromatic N) is 2. The van der Waals surface area contributed by atoms with Crippen molar-refractivity contribution < 1.29 is 13.2 Å². The van der Waals surface area contributed by atoms with Crippen LogP contribution >= 0.6 is 15.9 Å². The fraction of sp³-hybridized carbons (Fsp3) is 0.147. The maximum absolute atomic E-state index is 13.0. The second-order valence-corrected chi connectivity index (χ2v) is 13.3. The van der Waals surface area contributed by atoms with E-state index in [2.05, 4.69) is 112 Å². The molecule has 0 aliphatic carbocycles. The van der Waals surface area contributed by atoms with Crippen molar-refractivity contribution in [1.29, 1.82) is 0 Å². The van der Waals surface area contributed by atoms with E-state index in [4.69, 9.17) is 0 Å². The molecule has 0 bridgehead atoms. The summed E-state index contributed by atoms with van der Waals surface area (Å²) in [5, 5.41) is 2.37. The zero-order chi connectivity index (χ0) is 30.5. The number of carbonyl (C=O) groups excluding carboxylic acids is 1. The van der Waals surface area contributed by atoms with Crippen molar-refractivity contribution in [2.45, 2.75) is 24.7 Å². The normalized spacial score (nSPS) is 12.0. The highest BCUT2D eigenvalue weighted by Gasteiger charge is 2.29. The second-order valence-electron chi connectivity index (χ2n) is 10.7. The van der Waals surface area contributed by atoms with Gasteiger partial charge in [0.25, 0.3) is 15.9 Å². The van der Waals surface area contributed by atoms with Gasteiger partial charge in [-0.15, -0.1) is 4.83 Å². The number of halogens is 1. The molecule has 2 aromatic heterocycles. The van der Waals surface area contributed by atoms with Crippen molar-refractivity contribution in [3.05, 3.63) is 135 Å². The van der Waals surface area contributed by atoms with Crippen molar-refractivity contribution >= 4 is 53.7 Å². The number of aryl methyl sites for hydroxylation is 2. The topological polar surface area (TPSA) is 85.1 Å². The van der Waals surface area contributed by atoms with Gasteiger partial charge in [-0.25, -0.2) is 8.42 Å². The molecule has 2 N–H and O–H groups in total. The third kappa shape index (κ3) is 5.07. The average Bonchev–Trinajstić information content (AvgIpc) is 3.41. The molecule has 43 heavy (non-hydrogen) atoms. The third-order valence-electron chi connectivity index (χ3n) is 8.39. The lowest BCUT2D eigenvalue weighted by Gasteiger charge is -2.21. The molecule has 0 atom stereocenters. The van der Waals surface area contributed by atoms with Gasteiger partial charge >= 0.3 is 0 Å². The number of hydrazine groups is 1. The predicted molar refractivity (Wildman–Crippen MR) is 175 cm³/mol. The van der Waals surface area contributed by atoms with Gasteiger partial charge in [-0.05, 0) is 73.0 Å². The molecule has 0 fully saturated rings. The van der Waals surface area contributed by atoms with Crippen LogP contribution in [-0.2, 0) is 24.1 Å². The lowest BCUT2D eigenvalue weighted by atomic mass is 9.82. The Morgan fingerprint density at radius 2 is 1.28 bits per heavy atom. The molecule has 6 rings (SSSR count). The fourth-order valence-corrected chi connectivity index (χ4v) is 7.45. The summed E-state index contributed by atoms with van der Waals surface area (Å²) < 4.78 is 30.5. The molecule has 0 aliphatic heterocycles. The van der Waals surface area contributed by atoms with Gasteiger partial charge in [0.1, 0.15) is 0 Å². The largest absolute Gasteiger partial charge is 0.348 e. The smallest absolute Gasteiger partial charge is 0.266 e. The summed E-state index contributed by atoms with van der Waals surface area (Å²) in [5.41, 5.74) is 10.8. The van der Waals surface area contributed by atoms with Crippen LogP contribution < -0.4 is 10.3 Å². The molecule has 0 saturated carbocycles. The molecule has 2 heterocycles. The summed E-state index contributed by atoms with van der Waals surface area (Å²) in [5.74, 6) is -0.659. The summed E-state index contributed by atoms with van der Waals surface area (Å²) in [6.45, 7) is 4.31. The molecule has 6 aromatic rings.